The molecule has 0 aliphatic heterocycles. The number of carboxylic acid groups (broad SMARTS) is 2. The van der Waals surface area contributed by atoms with E-state index >= 15 is 0 Å². The molecule has 2 unspecified atom stereocenters. The van der Waals surface area contributed by atoms with Crippen molar-refractivity contribution in [3.63, 3.8) is 0 Å². The maximum Gasteiger partial charge on any atom is 0.416 e. The van der Waals surface area contributed by atoms with Crippen molar-refractivity contribution in [2.24, 2.45) is 0 Å². The van der Waals surface area contributed by atoms with Crippen molar-refractivity contribution in [2.45, 2.75) is 51.1 Å². The van der Waals surface area contributed by atoms with Crippen molar-refractivity contribution >= 4 is 11.9 Å². The summed E-state index contributed by atoms with van der Waals surface area (Å²) in [6, 6.07) is 5.12. The van der Waals surface area contributed by atoms with Crippen LogP contribution >= 0.6 is 0 Å². The molecule has 0 aliphatic rings. The van der Waals surface area contributed by atoms with Crippen LogP contribution in [0.5, 0.6) is 0 Å². The van der Waals surface area contributed by atoms with E-state index in [0.29, 0.717) is 12.8 Å². The smallest absolute Gasteiger partial charge is 0.416 e. The van der Waals surface area contributed by atoms with Gasteiger partial charge in [0.2, 0.25) is 0 Å². The van der Waals surface area contributed by atoms with Gasteiger partial charge in [0.25, 0.3) is 0 Å². The molecule has 0 saturated heterocycles. The van der Waals surface area contributed by atoms with Gasteiger partial charge in [0.05, 0.1) is 11.1 Å². The molecule has 2 N–H and O–H groups in total. The molecule has 0 aromatic heterocycles. The fourth-order valence-corrected chi connectivity index (χ4v) is 4.36. The van der Waals surface area contributed by atoms with E-state index in [1.54, 1.807) is 13.8 Å². The van der Waals surface area contributed by atoms with Gasteiger partial charge < -0.3 is 10.2 Å². The third-order valence-corrected chi connectivity index (χ3v) is 5.95. The molecule has 0 spiro atoms. The van der Waals surface area contributed by atoms with Crippen molar-refractivity contribution in [1.82, 2.24) is 9.80 Å². The Balaban J connectivity index is 2.41. The first-order chi connectivity index (χ1) is 17.7. The van der Waals surface area contributed by atoms with Gasteiger partial charge in [-0.2, -0.15) is 26.3 Å². The lowest BCUT2D eigenvalue weighted by Gasteiger charge is -2.34. The van der Waals surface area contributed by atoms with Gasteiger partial charge in [0, 0.05) is 13.1 Å². The molecule has 38 heavy (non-hydrogen) atoms. The Labute approximate surface area is 216 Å². The Hall–Kier alpha value is -3.12. The number of aliphatic carboxylic acids is 2. The molecule has 2 atom stereocenters. The van der Waals surface area contributed by atoms with Crippen molar-refractivity contribution in [2.75, 3.05) is 26.2 Å². The van der Waals surface area contributed by atoms with Crippen molar-refractivity contribution in [3.8, 4) is 0 Å². The fourth-order valence-electron chi connectivity index (χ4n) is 4.36. The number of carbonyl (C=O) groups is 2. The highest BCUT2D eigenvalue weighted by Crippen LogP contribution is 2.34. The number of hydrogen-bond acceptors (Lipinski definition) is 4. The van der Waals surface area contributed by atoms with E-state index < -0.39 is 47.5 Å². The van der Waals surface area contributed by atoms with Gasteiger partial charge in [-0.25, -0.2) is 0 Å². The van der Waals surface area contributed by atoms with E-state index in [1.165, 1.54) is 21.9 Å². The third-order valence-electron chi connectivity index (χ3n) is 5.95. The molecule has 12 heteroatoms. The molecule has 0 fully saturated rings. The third kappa shape index (κ3) is 8.19. The summed E-state index contributed by atoms with van der Waals surface area (Å²) in [6.45, 7) is 3.76. The molecule has 210 valence electrons. The van der Waals surface area contributed by atoms with Gasteiger partial charge in [-0.1, -0.05) is 38.1 Å². The summed E-state index contributed by atoms with van der Waals surface area (Å²) in [5.74, 6) is -2.76. The SMILES string of the molecule is CCCN(CCN(CCC)C(C(=O)O)c1cccc(C(F)(F)F)c1)C(C(=O)O)c1cccc(C(F)(F)F)c1. The van der Waals surface area contributed by atoms with Gasteiger partial charge in [-0.3, -0.25) is 19.4 Å². The number of rotatable bonds is 13. The van der Waals surface area contributed by atoms with Gasteiger partial charge in [-0.15, -0.1) is 0 Å². The normalized spacial score (nSPS) is 14.1. The van der Waals surface area contributed by atoms with Crippen LogP contribution in [0.15, 0.2) is 48.5 Å². The molecule has 0 radical (unpaired) electrons. The van der Waals surface area contributed by atoms with Crippen LogP contribution in [0.1, 0.15) is 61.0 Å². The second-order valence-electron chi connectivity index (χ2n) is 8.80. The highest BCUT2D eigenvalue weighted by Gasteiger charge is 2.36. The first-order valence-electron chi connectivity index (χ1n) is 12.0. The first kappa shape index (κ1) is 31.1. The van der Waals surface area contributed by atoms with E-state index in [-0.39, 0.29) is 37.3 Å². The van der Waals surface area contributed by atoms with Crippen LogP contribution < -0.4 is 0 Å². The van der Waals surface area contributed by atoms with Crippen molar-refractivity contribution < 1.29 is 46.1 Å². The van der Waals surface area contributed by atoms with Crippen LogP contribution in [0.25, 0.3) is 0 Å². The van der Waals surface area contributed by atoms with Gasteiger partial charge in [0.15, 0.2) is 0 Å². The predicted molar refractivity (Wildman–Crippen MR) is 127 cm³/mol. The molecule has 6 nitrogen and oxygen atoms in total. The topological polar surface area (TPSA) is 81.1 Å². The Kier molecular flexibility index (Phi) is 10.7. The molecule has 0 saturated carbocycles. The van der Waals surface area contributed by atoms with E-state index in [0.717, 1.165) is 36.4 Å². The first-order valence-corrected chi connectivity index (χ1v) is 12.0. The molecule has 2 aromatic carbocycles. The lowest BCUT2D eigenvalue weighted by Crippen LogP contribution is -2.43. The number of alkyl halides is 6. The summed E-state index contributed by atoms with van der Waals surface area (Å²) < 4.78 is 79.5. The molecule has 0 aliphatic carbocycles. The number of benzene rings is 2. The minimum Gasteiger partial charge on any atom is -0.480 e. The number of carboxylic acids is 2. The van der Waals surface area contributed by atoms with Crippen molar-refractivity contribution in [3.05, 3.63) is 70.8 Å². The quantitative estimate of drug-likeness (QED) is 0.295. The van der Waals surface area contributed by atoms with Crippen molar-refractivity contribution in [1.29, 1.82) is 0 Å². The average molecular weight is 549 g/mol. The second-order valence-corrected chi connectivity index (χ2v) is 8.80. The molecule has 2 aromatic rings. The van der Waals surface area contributed by atoms with E-state index in [4.69, 9.17) is 0 Å². The minimum absolute atomic E-state index is 0.0518. The van der Waals surface area contributed by atoms with E-state index in [2.05, 4.69) is 0 Å². The monoisotopic (exact) mass is 548 g/mol. The second kappa shape index (κ2) is 13.1. The zero-order chi connectivity index (χ0) is 28.7. The van der Waals surface area contributed by atoms with Gasteiger partial charge in [0.1, 0.15) is 12.1 Å². The summed E-state index contributed by atoms with van der Waals surface area (Å²) in [6.07, 6.45) is -8.45. The lowest BCUT2D eigenvalue weighted by molar-refractivity contribution is -0.146. The highest BCUT2D eigenvalue weighted by molar-refractivity contribution is 5.76. The number of hydrogen-bond donors (Lipinski definition) is 2. The zero-order valence-electron chi connectivity index (χ0n) is 20.9. The van der Waals surface area contributed by atoms with Crippen LogP contribution in [0.2, 0.25) is 0 Å². The van der Waals surface area contributed by atoms with Crippen LogP contribution in [0.4, 0.5) is 26.3 Å². The fraction of sp³-hybridized carbons (Fsp3) is 0.462. The highest BCUT2D eigenvalue weighted by atomic mass is 19.4. The Bertz CT molecular complexity index is 1000. The van der Waals surface area contributed by atoms with Gasteiger partial charge in [-0.05, 0) is 61.3 Å². The lowest BCUT2D eigenvalue weighted by atomic mass is 10.0. The number of nitrogens with zero attached hydrogens (tertiary/aromatic N) is 2. The van der Waals surface area contributed by atoms with Crippen LogP contribution in [0.3, 0.4) is 0 Å². The Morgan fingerprint density at radius 2 is 1.03 bits per heavy atom. The maximum absolute atomic E-state index is 13.3. The largest absolute Gasteiger partial charge is 0.480 e. The van der Waals surface area contributed by atoms with Gasteiger partial charge >= 0.3 is 24.3 Å². The number of halogens is 6. The standard InChI is InChI=1S/C26H30F6N2O4/c1-3-11-33(21(23(35)36)17-7-5-9-19(15-17)25(27,28)29)13-14-34(12-4-2)22(24(37)38)18-8-6-10-20(16-18)26(30,31)32/h5-10,15-16,21-22H,3-4,11-14H2,1-2H3,(H,35,36)(H,37,38). The summed E-state index contributed by atoms with van der Waals surface area (Å²) in [4.78, 5) is 27.3. The van der Waals surface area contributed by atoms with E-state index in [1.807, 2.05) is 0 Å². The maximum atomic E-state index is 13.3. The molecular formula is C26H30F6N2O4. The molecule has 0 amide bonds. The summed E-state index contributed by atoms with van der Waals surface area (Å²) in [5, 5.41) is 19.9. The van der Waals surface area contributed by atoms with Crippen LogP contribution in [-0.2, 0) is 21.9 Å². The molecular weight excluding hydrogens is 518 g/mol. The minimum atomic E-state index is -4.67. The Morgan fingerprint density at radius 1 is 0.684 bits per heavy atom. The summed E-state index contributed by atoms with van der Waals surface area (Å²) in [7, 11) is 0. The summed E-state index contributed by atoms with van der Waals surface area (Å²) in [5.41, 5.74) is -2.17. The zero-order valence-corrected chi connectivity index (χ0v) is 20.9. The molecule has 2 rings (SSSR count). The summed E-state index contributed by atoms with van der Waals surface area (Å²) >= 11 is 0. The molecule has 0 heterocycles. The average Bonchev–Trinajstić information content (AvgIpc) is 2.81. The Morgan fingerprint density at radius 3 is 1.29 bits per heavy atom. The van der Waals surface area contributed by atoms with Crippen LogP contribution in [-0.4, -0.2) is 58.1 Å². The van der Waals surface area contributed by atoms with E-state index in [9.17, 15) is 46.1 Å². The predicted octanol–water partition coefficient (Wildman–Crippen LogP) is 6.10. The van der Waals surface area contributed by atoms with Crippen LogP contribution in [0, 0.1) is 0 Å². The molecule has 0 bridgehead atoms.